The van der Waals surface area contributed by atoms with Crippen LogP contribution < -0.4 is 0 Å². The molecule has 0 amide bonds. The highest BCUT2D eigenvalue weighted by Gasteiger charge is 2.40. The Balaban J connectivity index is 2.37. The van der Waals surface area contributed by atoms with E-state index < -0.39 is 0 Å². The first-order valence-electron chi connectivity index (χ1n) is 3.81. The summed E-state index contributed by atoms with van der Waals surface area (Å²) in [5.41, 5.74) is 0.854. The van der Waals surface area contributed by atoms with Gasteiger partial charge in [0, 0.05) is 0 Å². The Morgan fingerprint density at radius 2 is 2.36 bits per heavy atom. The van der Waals surface area contributed by atoms with Crippen LogP contribution in [0.2, 0.25) is 0 Å². The number of hydrogen-bond donors (Lipinski definition) is 0. The molecule has 2 heteroatoms. The summed E-state index contributed by atoms with van der Waals surface area (Å²) >= 11 is 0. The van der Waals surface area contributed by atoms with Gasteiger partial charge in [0.2, 0.25) is 0 Å². The van der Waals surface area contributed by atoms with Crippen LogP contribution in [0.5, 0.6) is 0 Å². The van der Waals surface area contributed by atoms with E-state index in [0.717, 1.165) is 5.71 Å². The lowest BCUT2D eigenvalue weighted by molar-refractivity contribution is 0.0192. The predicted molar refractivity (Wildman–Crippen MR) is 44.4 cm³/mol. The van der Waals surface area contributed by atoms with Gasteiger partial charge >= 0.3 is 0 Å². The van der Waals surface area contributed by atoms with E-state index in [4.69, 9.17) is 4.84 Å². The van der Waals surface area contributed by atoms with E-state index >= 15 is 0 Å². The fraction of sp³-hybridized carbons (Fsp3) is 0.444. The first kappa shape index (κ1) is 6.65. The van der Waals surface area contributed by atoms with E-state index in [1.807, 2.05) is 19.1 Å². The molecule has 58 valence electrons. The van der Waals surface area contributed by atoms with Crippen molar-refractivity contribution in [1.82, 2.24) is 0 Å². The molecule has 1 heterocycles. The summed E-state index contributed by atoms with van der Waals surface area (Å²) in [7, 11) is 0. The molecule has 0 aromatic rings. The Labute approximate surface area is 66.2 Å². The molecule has 0 fully saturated rings. The van der Waals surface area contributed by atoms with Gasteiger partial charge in [-0.3, -0.25) is 0 Å². The first-order valence-corrected chi connectivity index (χ1v) is 3.81. The normalized spacial score (nSPS) is 39.8. The summed E-state index contributed by atoms with van der Waals surface area (Å²) in [6.07, 6.45) is 8.23. The highest BCUT2D eigenvalue weighted by atomic mass is 16.7. The average molecular weight is 149 g/mol. The van der Waals surface area contributed by atoms with Crippen LogP contribution in [0.15, 0.2) is 29.5 Å². The molecule has 0 aromatic heterocycles. The maximum atomic E-state index is 5.31. The van der Waals surface area contributed by atoms with Crippen molar-refractivity contribution in [2.75, 3.05) is 0 Å². The van der Waals surface area contributed by atoms with Crippen molar-refractivity contribution >= 4 is 5.71 Å². The SMILES string of the molecule is CC1=NOC2(C)C=CC=CC12. The largest absolute Gasteiger partial charge is 0.384 e. The van der Waals surface area contributed by atoms with Crippen molar-refractivity contribution < 1.29 is 4.84 Å². The molecule has 0 saturated carbocycles. The number of oxime groups is 1. The minimum atomic E-state index is -0.209. The summed E-state index contributed by atoms with van der Waals surface area (Å²) in [4.78, 5) is 5.31. The molecule has 2 nitrogen and oxygen atoms in total. The van der Waals surface area contributed by atoms with E-state index in [0.29, 0.717) is 5.92 Å². The monoisotopic (exact) mass is 149 g/mol. The summed E-state index contributed by atoms with van der Waals surface area (Å²) in [5, 5.41) is 3.97. The lowest BCUT2D eigenvalue weighted by Gasteiger charge is -2.25. The third-order valence-corrected chi connectivity index (χ3v) is 2.30. The van der Waals surface area contributed by atoms with Gasteiger partial charge in [0.1, 0.15) is 0 Å². The van der Waals surface area contributed by atoms with Crippen LogP contribution in [0.4, 0.5) is 0 Å². The highest BCUT2D eigenvalue weighted by molar-refractivity contribution is 5.88. The topological polar surface area (TPSA) is 21.6 Å². The van der Waals surface area contributed by atoms with Crippen LogP contribution >= 0.6 is 0 Å². The summed E-state index contributed by atoms with van der Waals surface area (Å²) in [5.74, 6) is 0.340. The van der Waals surface area contributed by atoms with Gasteiger partial charge in [-0.05, 0) is 19.9 Å². The van der Waals surface area contributed by atoms with Crippen molar-refractivity contribution in [2.24, 2.45) is 11.1 Å². The molecule has 11 heavy (non-hydrogen) atoms. The molecule has 2 aliphatic rings. The first-order chi connectivity index (χ1) is 5.22. The van der Waals surface area contributed by atoms with E-state index in [-0.39, 0.29) is 5.60 Å². The zero-order valence-electron chi connectivity index (χ0n) is 6.74. The number of hydrogen-bond acceptors (Lipinski definition) is 2. The van der Waals surface area contributed by atoms with Crippen LogP contribution in [0, 0.1) is 5.92 Å². The zero-order valence-corrected chi connectivity index (χ0v) is 6.74. The van der Waals surface area contributed by atoms with Crippen molar-refractivity contribution in [3.8, 4) is 0 Å². The Bertz CT molecular complexity index is 265. The summed E-state index contributed by atoms with van der Waals surface area (Å²) < 4.78 is 0. The van der Waals surface area contributed by atoms with E-state index in [9.17, 15) is 0 Å². The number of allylic oxidation sites excluding steroid dienone is 2. The smallest absolute Gasteiger partial charge is 0.164 e. The van der Waals surface area contributed by atoms with Gasteiger partial charge in [-0.25, -0.2) is 0 Å². The van der Waals surface area contributed by atoms with Gasteiger partial charge < -0.3 is 4.84 Å². The molecule has 0 aromatic carbocycles. The van der Waals surface area contributed by atoms with E-state index in [2.05, 4.69) is 24.2 Å². The molecular formula is C9H11NO. The minimum Gasteiger partial charge on any atom is -0.384 e. The van der Waals surface area contributed by atoms with Crippen molar-refractivity contribution in [2.45, 2.75) is 19.4 Å². The fourth-order valence-electron chi connectivity index (χ4n) is 1.58. The standard InChI is InChI=1S/C9H11NO/c1-7-8-5-3-4-6-9(8,2)11-10-7/h3-6,8H,1-2H3. The number of fused-ring (bicyclic) bond motifs is 1. The molecule has 1 aliphatic heterocycles. The van der Waals surface area contributed by atoms with Crippen LogP contribution in [-0.4, -0.2) is 11.3 Å². The molecule has 1 aliphatic carbocycles. The molecule has 2 unspecified atom stereocenters. The van der Waals surface area contributed by atoms with Crippen molar-refractivity contribution in [1.29, 1.82) is 0 Å². The quantitative estimate of drug-likeness (QED) is 0.515. The molecule has 0 saturated heterocycles. The average Bonchev–Trinajstić information content (AvgIpc) is 2.29. The van der Waals surface area contributed by atoms with Crippen molar-refractivity contribution in [3.05, 3.63) is 24.3 Å². The minimum absolute atomic E-state index is 0.209. The number of rotatable bonds is 0. The summed E-state index contributed by atoms with van der Waals surface area (Å²) in [6.45, 7) is 4.05. The third-order valence-electron chi connectivity index (χ3n) is 2.30. The van der Waals surface area contributed by atoms with Gasteiger partial charge in [-0.15, -0.1) is 0 Å². The maximum absolute atomic E-state index is 5.31. The Kier molecular flexibility index (Phi) is 1.19. The Hall–Kier alpha value is -1.05. The lowest BCUT2D eigenvalue weighted by atomic mass is 9.83. The van der Waals surface area contributed by atoms with E-state index in [1.165, 1.54) is 0 Å². The molecule has 0 N–H and O–H groups in total. The second-order valence-corrected chi connectivity index (χ2v) is 3.23. The van der Waals surface area contributed by atoms with Crippen molar-refractivity contribution in [3.63, 3.8) is 0 Å². The van der Waals surface area contributed by atoms with Crippen LogP contribution in [-0.2, 0) is 4.84 Å². The van der Waals surface area contributed by atoms with Gasteiger partial charge in [-0.1, -0.05) is 23.4 Å². The number of nitrogens with zero attached hydrogens (tertiary/aromatic N) is 1. The molecule has 2 atom stereocenters. The molecule has 0 bridgehead atoms. The van der Waals surface area contributed by atoms with Gasteiger partial charge in [0.05, 0.1) is 11.6 Å². The second kappa shape index (κ2) is 1.97. The highest BCUT2D eigenvalue weighted by Crippen LogP contribution is 2.34. The molecule has 0 spiro atoms. The second-order valence-electron chi connectivity index (χ2n) is 3.23. The molecule has 0 radical (unpaired) electrons. The lowest BCUT2D eigenvalue weighted by Crippen LogP contribution is -2.32. The molecular weight excluding hydrogens is 138 g/mol. The predicted octanol–water partition coefficient (Wildman–Crippen LogP) is 1.89. The fourth-order valence-corrected chi connectivity index (χ4v) is 1.58. The molecule has 2 rings (SSSR count). The third kappa shape index (κ3) is 0.821. The van der Waals surface area contributed by atoms with Crippen LogP contribution in [0.25, 0.3) is 0 Å². The van der Waals surface area contributed by atoms with Crippen LogP contribution in [0.3, 0.4) is 0 Å². The zero-order chi connectivity index (χ0) is 7.90. The Morgan fingerprint density at radius 1 is 1.55 bits per heavy atom. The van der Waals surface area contributed by atoms with Gasteiger partial charge in [0.15, 0.2) is 5.60 Å². The summed E-state index contributed by atoms with van der Waals surface area (Å²) in [6, 6.07) is 0. The van der Waals surface area contributed by atoms with Gasteiger partial charge in [-0.2, -0.15) is 0 Å². The van der Waals surface area contributed by atoms with Crippen LogP contribution in [0.1, 0.15) is 13.8 Å². The van der Waals surface area contributed by atoms with E-state index in [1.54, 1.807) is 0 Å². The Morgan fingerprint density at radius 3 is 3.09 bits per heavy atom. The maximum Gasteiger partial charge on any atom is 0.164 e. The van der Waals surface area contributed by atoms with Gasteiger partial charge in [0.25, 0.3) is 0 Å².